The van der Waals surface area contributed by atoms with Crippen LogP contribution >= 0.6 is 23.2 Å². The Bertz CT molecular complexity index is 1450. The molecule has 3 aromatic carbocycles. The van der Waals surface area contributed by atoms with Gasteiger partial charge in [0, 0.05) is 23.5 Å². The number of nitrogens with zero attached hydrogens (tertiary/aromatic N) is 2. The number of hydrogen-bond donors (Lipinski definition) is 1. The molecule has 0 radical (unpaired) electrons. The van der Waals surface area contributed by atoms with Crippen molar-refractivity contribution in [2.24, 2.45) is 0 Å². The molecule has 0 aliphatic rings. The quantitative estimate of drug-likeness (QED) is 0.332. The lowest BCUT2D eigenvalue weighted by Crippen LogP contribution is -2.56. The highest BCUT2D eigenvalue weighted by Crippen LogP contribution is 2.30. The Kier molecular flexibility index (Phi) is 10.2. The zero-order valence-electron chi connectivity index (χ0n) is 22.7. The summed E-state index contributed by atoms with van der Waals surface area (Å²) in [5.74, 6) is -1.51. The number of anilines is 1. The van der Waals surface area contributed by atoms with Crippen molar-refractivity contribution in [2.75, 3.05) is 17.1 Å². The van der Waals surface area contributed by atoms with E-state index in [1.54, 1.807) is 0 Å². The number of sulfonamides is 1. The average Bonchev–Trinajstić information content (AvgIpc) is 2.85. The number of amides is 2. The van der Waals surface area contributed by atoms with Crippen molar-refractivity contribution in [3.63, 3.8) is 0 Å². The van der Waals surface area contributed by atoms with Crippen LogP contribution in [0.1, 0.15) is 31.9 Å². The third-order valence-corrected chi connectivity index (χ3v) is 7.56. The molecule has 7 nitrogen and oxygen atoms in total. The summed E-state index contributed by atoms with van der Waals surface area (Å²) in [6.07, 6.45) is 1.12. The average molecular weight is 609 g/mol. The maximum Gasteiger partial charge on any atom is 0.244 e. The third-order valence-electron chi connectivity index (χ3n) is 5.89. The Morgan fingerprint density at radius 3 is 2.12 bits per heavy atom. The van der Waals surface area contributed by atoms with Gasteiger partial charge >= 0.3 is 0 Å². The smallest absolute Gasteiger partial charge is 0.244 e. The number of hydrogen-bond acceptors (Lipinski definition) is 4. The van der Waals surface area contributed by atoms with Crippen LogP contribution in [0.15, 0.2) is 72.8 Å². The van der Waals surface area contributed by atoms with Gasteiger partial charge in [0.2, 0.25) is 21.8 Å². The first-order chi connectivity index (χ1) is 18.6. The molecule has 0 bridgehead atoms. The summed E-state index contributed by atoms with van der Waals surface area (Å²) in [5, 5.41) is 3.28. The van der Waals surface area contributed by atoms with Crippen LogP contribution in [-0.4, -0.2) is 49.5 Å². The molecule has 0 aliphatic carbocycles. The second-order valence-corrected chi connectivity index (χ2v) is 13.2. The van der Waals surface area contributed by atoms with Gasteiger partial charge in [-0.2, -0.15) is 0 Å². The molecule has 0 saturated heterocycles. The minimum absolute atomic E-state index is 0.0436. The number of carbonyl (C=O) groups is 2. The summed E-state index contributed by atoms with van der Waals surface area (Å²) in [6, 6.07) is 18.0. The predicted octanol–water partition coefficient (Wildman–Crippen LogP) is 5.45. The van der Waals surface area contributed by atoms with Crippen LogP contribution in [0.5, 0.6) is 0 Å². The number of rotatable bonds is 10. The highest BCUT2D eigenvalue weighted by atomic mass is 35.5. The van der Waals surface area contributed by atoms with Gasteiger partial charge in [-0.25, -0.2) is 12.8 Å². The summed E-state index contributed by atoms with van der Waals surface area (Å²) >= 11 is 12.3. The van der Waals surface area contributed by atoms with E-state index >= 15 is 0 Å². The Labute approximate surface area is 244 Å². The van der Waals surface area contributed by atoms with Gasteiger partial charge in [-0.1, -0.05) is 65.7 Å². The SMILES string of the molecule is CC(C)(C)NC(=O)[C@@H](Cc1ccccc1)N(Cc1ccc(F)cc1)C(=O)CN(c1ccc(Cl)cc1Cl)S(C)(=O)=O. The molecule has 0 unspecified atom stereocenters. The third kappa shape index (κ3) is 8.94. The second-order valence-electron chi connectivity index (χ2n) is 10.5. The predicted molar refractivity (Wildman–Crippen MR) is 157 cm³/mol. The van der Waals surface area contributed by atoms with E-state index < -0.39 is 45.8 Å². The Morgan fingerprint density at radius 2 is 1.57 bits per heavy atom. The van der Waals surface area contributed by atoms with Crippen LogP contribution in [0.4, 0.5) is 10.1 Å². The molecule has 3 rings (SSSR count). The zero-order chi connectivity index (χ0) is 29.7. The molecular weight excluding hydrogens is 576 g/mol. The van der Waals surface area contributed by atoms with E-state index in [0.29, 0.717) is 10.6 Å². The molecule has 40 heavy (non-hydrogen) atoms. The molecule has 2 amide bonds. The number of halogens is 3. The van der Waals surface area contributed by atoms with E-state index in [-0.39, 0.29) is 23.7 Å². The van der Waals surface area contributed by atoms with Crippen molar-refractivity contribution in [1.82, 2.24) is 10.2 Å². The van der Waals surface area contributed by atoms with E-state index in [0.717, 1.165) is 16.1 Å². The summed E-state index contributed by atoms with van der Waals surface area (Å²) < 4.78 is 40.2. The van der Waals surface area contributed by atoms with Crippen LogP contribution < -0.4 is 9.62 Å². The fourth-order valence-corrected chi connectivity index (χ4v) is 5.49. The van der Waals surface area contributed by atoms with Crippen LogP contribution in [-0.2, 0) is 32.6 Å². The molecule has 0 fully saturated rings. The van der Waals surface area contributed by atoms with Gasteiger partial charge in [-0.15, -0.1) is 0 Å². The molecule has 0 spiro atoms. The van der Waals surface area contributed by atoms with Crippen molar-refractivity contribution in [1.29, 1.82) is 0 Å². The van der Waals surface area contributed by atoms with E-state index in [9.17, 15) is 22.4 Å². The molecule has 3 aromatic rings. The normalized spacial score (nSPS) is 12.5. The van der Waals surface area contributed by atoms with E-state index in [1.807, 2.05) is 51.1 Å². The minimum atomic E-state index is -3.99. The topological polar surface area (TPSA) is 86.8 Å². The maximum atomic E-state index is 14.0. The Morgan fingerprint density at radius 1 is 0.950 bits per heavy atom. The van der Waals surface area contributed by atoms with Crippen molar-refractivity contribution >= 4 is 50.7 Å². The molecule has 0 saturated carbocycles. The summed E-state index contributed by atoms with van der Waals surface area (Å²) in [5.41, 5.74) is 0.829. The lowest BCUT2D eigenvalue weighted by atomic mass is 10.0. The molecule has 0 heterocycles. The van der Waals surface area contributed by atoms with Crippen LogP contribution in [0, 0.1) is 5.82 Å². The highest BCUT2D eigenvalue weighted by molar-refractivity contribution is 7.92. The largest absolute Gasteiger partial charge is 0.350 e. The van der Waals surface area contributed by atoms with Gasteiger partial charge in [0.1, 0.15) is 18.4 Å². The van der Waals surface area contributed by atoms with E-state index in [2.05, 4.69) is 5.32 Å². The summed E-state index contributed by atoms with van der Waals surface area (Å²) in [4.78, 5) is 29.0. The lowest BCUT2D eigenvalue weighted by Gasteiger charge is -2.35. The molecule has 0 aliphatic heterocycles. The zero-order valence-corrected chi connectivity index (χ0v) is 25.0. The fraction of sp³-hybridized carbons (Fsp3) is 0.310. The van der Waals surface area contributed by atoms with Crippen molar-refractivity contribution < 1.29 is 22.4 Å². The van der Waals surface area contributed by atoms with Gasteiger partial charge in [0.25, 0.3) is 0 Å². The number of carbonyl (C=O) groups excluding carboxylic acids is 2. The first-order valence-electron chi connectivity index (χ1n) is 12.5. The standard InChI is InChI=1S/C29H32Cl2FN3O4S/c1-29(2,3)33-28(37)26(16-20-8-6-5-7-9-20)34(18-21-10-13-23(32)14-11-21)27(36)19-35(40(4,38)39)25-15-12-22(30)17-24(25)31/h5-15,17,26H,16,18-19H2,1-4H3,(H,33,37)/t26-/m1/s1. The number of nitrogens with one attached hydrogen (secondary N) is 1. The molecule has 214 valence electrons. The van der Waals surface area contributed by atoms with Gasteiger partial charge in [-0.3, -0.25) is 13.9 Å². The molecular formula is C29H32Cl2FN3O4S. The van der Waals surface area contributed by atoms with Gasteiger partial charge in [0.05, 0.1) is 17.0 Å². The monoisotopic (exact) mass is 607 g/mol. The fourth-order valence-electron chi connectivity index (χ4n) is 4.07. The van der Waals surface area contributed by atoms with Gasteiger partial charge < -0.3 is 10.2 Å². The van der Waals surface area contributed by atoms with Gasteiger partial charge in [0.15, 0.2) is 0 Å². The van der Waals surface area contributed by atoms with Gasteiger partial charge in [-0.05, 0) is 62.2 Å². The maximum absolute atomic E-state index is 14.0. The first kappa shape index (κ1) is 31.4. The van der Waals surface area contributed by atoms with Crippen molar-refractivity contribution in [3.05, 3.63) is 99.8 Å². The highest BCUT2D eigenvalue weighted by Gasteiger charge is 2.34. The van der Waals surface area contributed by atoms with Crippen LogP contribution in [0.2, 0.25) is 10.0 Å². The van der Waals surface area contributed by atoms with Crippen molar-refractivity contribution in [2.45, 2.75) is 45.3 Å². The second kappa shape index (κ2) is 13.0. The first-order valence-corrected chi connectivity index (χ1v) is 15.1. The van der Waals surface area contributed by atoms with Crippen LogP contribution in [0.3, 0.4) is 0 Å². The Balaban J connectivity index is 2.09. The molecule has 11 heteroatoms. The van der Waals surface area contributed by atoms with Crippen molar-refractivity contribution in [3.8, 4) is 0 Å². The van der Waals surface area contributed by atoms with E-state index in [1.165, 1.54) is 47.4 Å². The van der Waals surface area contributed by atoms with Crippen LogP contribution in [0.25, 0.3) is 0 Å². The lowest BCUT2D eigenvalue weighted by molar-refractivity contribution is -0.140. The summed E-state index contributed by atoms with van der Waals surface area (Å²) in [7, 11) is -3.99. The minimum Gasteiger partial charge on any atom is -0.350 e. The Hall–Kier alpha value is -3.14. The molecule has 0 aromatic heterocycles. The summed E-state index contributed by atoms with van der Waals surface area (Å²) in [6.45, 7) is 4.77. The number of benzene rings is 3. The van der Waals surface area contributed by atoms with E-state index in [4.69, 9.17) is 23.2 Å². The molecule has 1 atom stereocenters. The molecule has 1 N–H and O–H groups in total.